The number of hydrogen-bond donors (Lipinski definition) is 1. The number of anilines is 2. The molecule has 0 atom stereocenters. The number of rotatable bonds is 1. The fraction of sp³-hybridized carbons (Fsp3) is 0.385. The van der Waals surface area contributed by atoms with E-state index < -0.39 is 0 Å². The molecule has 5 nitrogen and oxygen atoms in total. The Kier molecular flexibility index (Phi) is 2.98. The molecule has 2 aromatic rings. The third-order valence-corrected chi connectivity index (χ3v) is 3.16. The highest BCUT2D eigenvalue weighted by atomic mass is 16.5. The van der Waals surface area contributed by atoms with Crippen molar-refractivity contribution < 1.29 is 4.74 Å². The molecule has 5 heteroatoms. The summed E-state index contributed by atoms with van der Waals surface area (Å²) in [7, 11) is 0. The van der Waals surface area contributed by atoms with Crippen LogP contribution in [-0.4, -0.2) is 36.3 Å². The second-order valence-electron chi connectivity index (χ2n) is 4.43. The van der Waals surface area contributed by atoms with Crippen molar-refractivity contribution in [3.05, 3.63) is 24.5 Å². The van der Waals surface area contributed by atoms with E-state index in [4.69, 9.17) is 10.5 Å². The largest absolute Gasteiger partial charge is 0.399 e. The highest BCUT2D eigenvalue weighted by Crippen LogP contribution is 2.25. The van der Waals surface area contributed by atoms with E-state index in [-0.39, 0.29) is 0 Å². The predicted molar refractivity (Wildman–Crippen MR) is 71.6 cm³/mol. The first kappa shape index (κ1) is 11.2. The van der Waals surface area contributed by atoms with Crippen LogP contribution < -0.4 is 10.6 Å². The number of aromatic nitrogens is 2. The first-order chi connectivity index (χ1) is 8.84. The normalized spacial score (nSPS) is 16.8. The quantitative estimate of drug-likeness (QED) is 0.769. The minimum Gasteiger partial charge on any atom is -0.399 e. The van der Waals surface area contributed by atoms with Gasteiger partial charge < -0.3 is 15.4 Å². The highest BCUT2D eigenvalue weighted by Gasteiger charge is 2.14. The fourth-order valence-corrected chi connectivity index (χ4v) is 2.27. The zero-order valence-corrected chi connectivity index (χ0v) is 10.2. The van der Waals surface area contributed by atoms with E-state index in [1.54, 1.807) is 6.33 Å². The van der Waals surface area contributed by atoms with E-state index in [0.717, 1.165) is 55.1 Å². The Morgan fingerprint density at radius 1 is 1.17 bits per heavy atom. The van der Waals surface area contributed by atoms with Crippen molar-refractivity contribution in [3.63, 3.8) is 0 Å². The monoisotopic (exact) mass is 244 g/mol. The second kappa shape index (κ2) is 4.78. The Balaban J connectivity index is 2.06. The van der Waals surface area contributed by atoms with Gasteiger partial charge >= 0.3 is 0 Å². The first-order valence-electron chi connectivity index (χ1n) is 6.17. The van der Waals surface area contributed by atoms with Gasteiger partial charge in [-0.2, -0.15) is 0 Å². The van der Waals surface area contributed by atoms with Gasteiger partial charge in [-0.1, -0.05) is 0 Å². The van der Waals surface area contributed by atoms with Crippen molar-refractivity contribution in [2.75, 3.05) is 36.9 Å². The fourth-order valence-electron chi connectivity index (χ4n) is 2.27. The summed E-state index contributed by atoms with van der Waals surface area (Å²) in [5.41, 5.74) is 7.52. The van der Waals surface area contributed by atoms with Crippen LogP contribution in [0.25, 0.3) is 10.9 Å². The summed E-state index contributed by atoms with van der Waals surface area (Å²) in [6.45, 7) is 3.39. The molecule has 1 aliphatic heterocycles. The van der Waals surface area contributed by atoms with Gasteiger partial charge in [-0.15, -0.1) is 0 Å². The molecule has 3 rings (SSSR count). The molecule has 1 aromatic carbocycles. The summed E-state index contributed by atoms with van der Waals surface area (Å²) in [5, 5.41) is 1.01. The predicted octanol–water partition coefficient (Wildman–Crippen LogP) is 1.44. The molecular formula is C13H16N4O. The SMILES string of the molecule is Nc1ccc2ncnc(N3CCCOCC3)c2c1. The molecule has 94 valence electrons. The first-order valence-corrected chi connectivity index (χ1v) is 6.17. The van der Waals surface area contributed by atoms with Crippen LogP contribution >= 0.6 is 0 Å². The van der Waals surface area contributed by atoms with Gasteiger partial charge in [0.25, 0.3) is 0 Å². The maximum absolute atomic E-state index is 5.85. The molecule has 2 N–H and O–H groups in total. The Hall–Kier alpha value is -1.88. The molecule has 1 fully saturated rings. The van der Waals surface area contributed by atoms with E-state index in [9.17, 15) is 0 Å². The number of nitrogens with zero attached hydrogens (tertiary/aromatic N) is 3. The minimum atomic E-state index is 0.740. The van der Waals surface area contributed by atoms with Crippen molar-refractivity contribution >= 4 is 22.4 Å². The van der Waals surface area contributed by atoms with E-state index in [0.29, 0.717) is 0 Å². The smallest absolute Gasteiger partial charge is 0.140 e. The van der Waals surface area contributed by atoms with Crippen LogP contribution in [0.4, 0.5) is 11.5 Å². The maximum atomic E-state index is 5.85. The number of benzene rings is 1. The molecule has 1 aromatic heterocycles. The Morgan fingerprint density at radius 2 is 2.11 bits per heavy atom. The van der Waals surface area contributed by atoms with E-state index in [2.05, 4.69) is 14.9 Å². The average molecular weight is 244 g/mol. The van der Waals surface area contributed by atoms with Gasteiger partial charge in [0.2, 0.25) is 0 Å². The molecule has 1 aliphatic rings. The molecule has 0 aliphatic carbocycles. The lowest BCUT2D eigenvalue weighted by molar-refractivity contribution is 0.152. The van der Waals surface area contributed by atoms with E-state index in [1.807, 2.05) is 18.2 Å². The summed E-state index contributed by atoms with van der Waals surface area (Å²) in [6, 6.07) is 5.74. The molecule has 0 amide bonds. The molecule has 0 bridgehead atoms. The molecular weight excluding hydrogens is 228 g/mol. The van der Waals surface area contributed by atoms with Crippen molar-refractivity contribution in [1.82, 2.24) is 9.97 Å². The van der Waals surface area contributed by atoms with Crippen LogP contribution in [0.15, 0.2) is 24.5 Å². The summed E-state index contributed by atoms with van der Waals surface area (Å²) in [4.78, 5) is 10.9. The van der Waals surface area contributed by atoms with E-state index in [1.165, 1.54) is 0 Å². The van der Waals surface area contributed by atoms with Crippen LogP contribution in [0, 0.1) is 0 Å². The van der Waals surface area contributed by atoms with Crippen LogP contribution in [0.3, 0.4) is 0 Å². The van der Waals surface area contributed by atoms with Gasteiger partial charge in [0.1, 0.15) is 12.1 Å². The number of fused-ring (bicyclic) bond motifs is 1. The van der Waals surface area contributed by atoms with Gasteiger partial charge in [0, 0.05) is 30.8 Å². The van der Waals surface area contributed by atoms with Crippen molar-refractivity contribution in [2.45, 2.75) is 6.42 Å². The Labute approximate surface area is 106 Å². The summed E-state index contributed by atoms with van der Waals surface area (Å²) in [6.07, 6.45) is 2.63. The highest BCUT2D eigenvalue weighted by molar-refractivity contribution is 5.91. The third kappa shape index (κ3) is 2.09. The molecule has 2 heterocycles. The molecule has 1 saturated heterocycles. The van der Waals surface area contributed by atoms with E-state index >= 15 is 0 Å². The van der Waals surface area contributed by atoms with Gasteiger partial charge in [-0.3, -0.25) is 0 Å². The lowest BCUT2D eigenvalue weighted by Gasteiger charge is -2.21. The zero-order valence-electron chi connectivity index (χ0n) is 10.2. The molecule has 0 spiro atoms. The minimum absolute atomic E-state index is 0.740. The standard InChI is InChI=1S/C13H16N4O/c14-10-2-3-12-11(8-10)13(16-9-15-12)17-4-1-6-18-7-5-17/h2-3,8-9H,1,4-7,14H2. The van der Waals surface area contributed by atoms with Gasteiger partial charge in [-0.05, 0) is 24.6 Å². The lowest BCUT2D eigenvalue weighted by atomic mass is 10.2. The van der Waals surface area contributed by atoms with Crippen LogP contribution in [0.2, 0.25) is 0 Å². The molecule has 0 radical (unpaired) electrons. The molecule has 0 saturated carbocycles. The summed E-state index contributed by atoms with van der Waals surface area (Å²) in [5.74, 6) is 0.956. The Bertz CT molecular complexity index is 550. The number of hydrogen-bond acceptors (Lipinski definition) is 5. The number of nitrogen functional groups attached to an aromatic ring is 1. The van der Waals surface area contributed by atoms with Crippen LogP contribution in [0.1, 0.15) is 6.42 Å². The summed E-state index contributed by atoms with van der Waals surface area (Å²) >= 11 is 0. The van der Waals surface area contributed by atoms with Gasteiger partial charge in [-0.25, -0.2) is 9.97 Å². The van der Waals surface area contributed by atoms with Crippen LogP contribution in [0.5, 0.6) is 0 Å². The van der Waals surface area contributed by atoms with Crippen molar-refractivity contribution in [3.8, 4) is 0 Å². The zero-order chi connectivity index (χ0) is 12.4. The summed E-state index contributed by atoms with van der Waals surface area (Å²) < 4.78 is 5.47. The topological polar surface area (TPSA) is 64.3 Å². The average Bonchev–Trinajstić information content (AvgIpc) is 2.67. The van der Waals surface area contributed by atoms with Crippen LogP contribution in [-0.2, 0) is 4.74 Å². The number of ether oxygens (including phenoxy) is 1. The van der Waals surface area contributed by atoms with Gasteiger partial charge in [0.05, 0.1) is 12.1 Å². The second-order valence-corrected chi connectivity index (χ2v) is 4.43. The number of nitrogens with two attached hydrogens (primary N) is 1. The molecule has 0 unspecified atom stereocenters. The lowest BCUT2D eigenvalue weighted by Crippen LogP contribution is -2.27. The molecule has 18 heavy (non-hydrogen) atoms. The maximum Gasteiger partial charge on any atom is 0.140 e. The van der Waals surface area contributed by atoms with Crippen molar-refractivity contribution in [2.24, 2.45) is 0 Å². The van der Waals surface area contributed by atoms with Gasteiger partial charge in [0.15, 0.2) is 0 Å². The Morgan fingerprint density at radius 3 is 3.06 bits per heavy atom. The van der Waals surface area contributed by atoms with Crippen molar-refractivity contribution in [1.29, 1.82) is 0 Å². The third-order valence-electron chi connectivity index (χ3n) is 3.16.